The van der Waals surface area contributed by atoms with E-state index in [2.05, 4.69) is 28.9 Å². The molecular weight excluding hydrogens is 277 g/mol. The van der Waals surface area contributed by atoms with E-state index in [0.717, 1.165) is 38.2 Å². The second-order valence-corrected chi connectivity index (χ2v) is 6.24. The zero-order valence-electron chi connectivity index (χ0n) is 13.2. The zero-order chi connectivity index (χ0) is 15.5. The topological polar surface area (TPSA) is 29.0 Å². The predicted molar refractivity (Wildman–Crippen MR) is 86.5 cm³/mol. The highest BCUT2D eigenvalue weighted by Crippen LogP contribution is 2.27. The van der Waals surface area contributed by atoms with Crippen molar-refractivity contribution in [3.8, 4) is 0 Å². The van der Waals surface area contributed by atoms with Crippen LogP contribution in [0.15, 0.2) is 30.5 Å². The summed E-state index contributed by atoms with van der Waals surface area (Å²) in [4.78, 5) is 2.34. The molecule has 0 atom stereocenters. The average Bonchev–Trinajstić information content (AvgIpc) is 2.53. The summed E-state index contributed by atoms with van der Waals surface area (Å²) in [6.45, 7) is 6.23. The van der Waals surface area contributed by atoms with Gasteiger partial charge in [0.15, 0.2) is 5.82 Å². The lowest BCUT2D eigenvalue weighted by Crippen LogP contribution is -2.35. The van der Waals surface area contributed by atoms with Crippen LogP contribution in [0.4, 0.5) is 10.2 Å². The number of anilines is 1. The van der Waals surface area contributed by atoms with Gasteiger partial charge in [-0.25, -0.2) is 4.39 Å². The SMILES string of the molecule is Cc1cnnc(N2CCC(Cc3ccc(F)cc3)CC2)c1C. The molecule has 1 aliphatic rings. The van der Waals surface area contributed by atoms with Crippen LogP contribution in [0.25, 0.3) is 0 Å². The van der Waals surface area contributed by atoms with Gasteiger partial charge < -0.3 is 4.90 Å². The van der Waals surface area contributed by atoms with Gasteiger partial charge in [-0.05, 0) is 67.9 Å². The van der Waals surface area contributed by atoms with Crippen LogP contribution in [0.2, 0.25) is 0 Å². The first kappa shape index (κ1) is 14.9. The minimum Gasteiger partial charge on any atom is -0.355 e. The largest absolute Gasteiger partial charge is 0.355 e. The number of aryl methyl sites for hydroxylation is 1. The molecule has 2 aromatic rings. The minimum absolute atomic E-state index is 0.160. The van der Waals surface area contributed by atoms with Gasteiger partial charge in [-0.1, -0.05) is 12.1 Å². The Labute approximate surface area is 131 Å². The summed E-state index contributed by atoms with van der Waals surface area (Å²) in [5.74, 6) is 1.53. The summed E-state index contributed by atoms with van der Waals surface area (Å²) in [6, 6.07) is 6.90. The fourth-order valence-corrected chi connectivity index (χ4v) is 3.12. The van der Waals surface area contributed by atoms with E-state index in [1.807, 2.05) is 18.3 Å². The summed E-state index contributed by atoms with van der Waals surface area (Å²) < 4.78 is 13.0. The first-order valence-corrected chi connectivity index (χ1v) is 7.92. The first-order valence-electron chi connectivity index (χ1n) is 7.92. The van der Waals surface area contributed by atoms with Gasteiger partial charge in [-0.3, -0.25) is 0 Å². The Kier molecular flexibility index (Phi) is 4.36. The van der Waals surface area contributed by atoms with E-state index in [1.54, 1.807) is 12.1 Å². The van der Waals surface area contributed by atoms with Gasteiger partial charge in [0.1, 0.15) is 5.82 Å². The van der Waals surface area contributed by atoms with Crippen LogP contribution in [-0.2, 0) is 6.42 Å². The van der Waals surface area contributed by atoms with Gasteiger partial charge >= 0.3 is 0 Å². The van der Waals surface area contributed by atoms with Crippen LogP contribution in [0, 0.1) is 25.6 Å². The maximum Gasteiger partial charge on any atom is 0.154 e. The standard InChI is InChI=1S/C18H22FN3/c1-13-12-20-21-18(14(13)2)22-9-7-16(8-10-22)11-15-3-5-17(19)6-4-15/h3-6,12,16H,7-11H2,1-2H3. The summed E-state index contributed by atoms with van der Waals surface area (Å²) >= 11 is 0. The molecule has 1 aromatic carbocycles. The number of halogens is 1. The molecule has 0 bridgehead atoms. The molecule has 1 fully saturated rings. The van der Waals surface area contributed by atoms with E-state index in [4.69, 9.17) is 0 Å². The zero-order valence-corrected chi connectivity index (χ0v) is 13.2. The molecule has 0 aliphatic carbocycles. The summed E-state index contributed by atoms with van der Waals surface area (Å²) in [7, 11) is 0. The number of benzene rings is 1. The van der Waals surface area contributed by atoms with Crippen LogP contribution >= 0.6 is 0 Å². The predicted octanol–water partition coefficient (Wildman–Crippen LogP) is 3.69. The lowest BCUT2D eigenvalue weighted by atomic mass is 9.90. The van der Waals surface area contributed by atoms with Crippen molar-refractivity contribution < 1.29 is 4.39 Å². The molecule has 4 heteroatoms. The number of rotatable bonds is 3. The second-order valence-electron chi connectivity index (χ2n) is 6.24. The van der Waals surface area contributed by atoms with Gasteiger partial charge in [0, 0.05) is 13.1 Å². The molecule has 22 heavy (non-hydrogen) atoms. The number of piperidine rings is 1. The average molecular weight is 299 g/mol. The van der Waals surface area contributed by atoms with Crippen LogP contribution in [0.3, 0.4) is 0 Å². The van der Waals surface area contributed by atoms with Crippen LogP contribution in [-0.4, -0.2) is 23.3 Å². The van der Waals surface area contributed by atoms with Gasteiger partial charge in [0.05, 0.1) is 6.20 Å². The van der Waals surface area contributed by atoms with Crippen molar-refractivity contribution in [2.75, 3.05) is 18.0 Å². The van der Waals surface area contributed by atoms with Crippen molar-refractivity contribution in [2.45, 2.75) is 33.1 Å². The molecule has 1 saturated heterocycles. The fraction of sp³-hybridized carbons (Fsp3) is 0.444. The van der Waals surface area contributed by atoms with Gasteiger partial charge in [-0.15, -0.1) is 5.10 Å². The maximum absolute atomic E-state index is 13.0. The number of hydrogen-bond donors (Lipinski definition) is 0. The van der Waals surface area contributed by atoms with Crippen LogP contribution in [0.1, 0.15) is 29.5 Å². The van der Waals surface area contributed by atoms with Crippen LogP contribution < -0.4 is 4.90 Å². The third-order valence-corrected chi connectivity index (χ3v) is 4.68. The third kappa shape index (κ3) is 3.26. The highest BCUT2D eigenvalue weighted by atomic mass is 19.1. The molecule has 3 nitrogen and oxygen atoms in total. The number of aromatic nitrogens is 2. The molecule has 2 heterocycles. The quantitative estimate of drug-likeness (QED) is 0.865. The third-order valence-electron chi connectivity index (χ3n) is 4.68. The maximum atomic E-state index is 13.0. The van der Waals surface area contributed by atoms with E-state index in [1.165, 1.54) is 16.7 Å². The molecule has 3 rings (SSSR count). The van der Waals surface area contributed by atoms with E-state index < -0.39 is 0 Å². The minimum atomic E-state index is -0.160. The number of nitrogens with zero attached hydrogens (tertiary/aromatic N) is 3. The van der Waals surface area contributed by atoms with Crippen molar-refractivity contribution in [3.63, 3.8) is 0 Å². The van der Waals surface area contributed by atoms with Crippen molar-refractivity contribution in [1.29, 1.82) is 0 Å². The Balaban J connectivity index is 1.60. The molecule has 0 unspecified atom stereocenters. The Hall–Kier alpha value is -1.97. The van der Waals surface area contributed by atoms with E-state index >= 15 is 0 Å². The summed E-state index contributed by atoms with van der Waals surface area (Å²) in [5.41, 5.74) is 3.65. The molecule has 0 saturated carbocycles. The molecule has 0 spiro atoms. The van der Waals surface area contributed by atoms with Crippen LogP contribution in [0.5, 0.6) is 0 Å². The number of hydrogen-bond acceptors (Lipinski definition) is 3. The van der Waals surface area contributed by atoms with Crippen molar-refractivity contribution >= 4 is 5.82 Å². The summed E-state index contributed by atoms with van der Waals surface area (Å²) in [6.07, 6.45) is 5.14. The Morgan fingerprint density at radius 3 is 2.50 bits per heavy atom. The Morgan fingerprint density at radius 1 is 1.14 bits per heavy atom. The van der Waals surface area contributed by atoms with E-state index in [9.17, 15) is 4.39 Å². The van der Waals surface area contributed by atoms with Crippen molar-refractivity contribution in [3.05, 3.63) is 53.0 Å². The Morgan fingerprint density at radius 2 is 1.82 bits per heavy atom. The second kappa shape index (κ2) is 6.42. The monoisotopic (exact) mass is 299 g/mol. The van der Waals surface area contributed by atoms with E-state index in [-0.39, 0.29) is 5.82 Å². The molecule has 1 aliphatic heterocycles. The summed E-state index contributed by atoms with van der Waals surface area (Å²) in [5, 5.41) is 8.40. The molecule has 0 amide bonds. The fourth-order valence-electron chi connectivity index (χ4n) is 3.12. The molecule has 1 aromatic heterocycles. The highest BCUT2D eigenvalue weighted by Gasteiger charge is 2.22. The van der Waals surface area contributed by atoms with Gasteiger partial charge in [0.25, 0.3) is 0 Å². The lowest BCUT2D eigenvalue weighted by molar-refractivity contribution is 0.401. The van der Waals surface area contributed by atoms with Crippen molar-refractivity contribution in [2.24, 2.45) is 5.92 Å². The lowest BCUT2D eigenvalue weighted by Gasteiger charge is -2.33. The van der Waals surface area contributed by atoms with Crippen molar-refractivity contribution in [1.82, 2.24) is 10.2 Å². The normalized spacial score (nSPS) is 16.0. The van der Waals surface area contributed by atoms with E-state index in [0.29, 0.717) is 5.92 Å². The van der Waals surface area contributed by atoms with Gasteiger partial charge in [-0.2, -0.15) is 5.10 Å². The smallest absolute Gasteiger partial charge is 0.154 e. The molecule has 0 radical (unpaired) electrons. The van der Waals surface area contributed by atoms with Gasteiger partial charge in [0.2, 0.25) is 0 Å². The molecular formula is C18H22FN3. The Bertz CT molecular complexity index is 631. The molecule has 0 N–H and O–H groups in total. The highest BCUT2D eigenvalue weighted by molar-refractivity contribution is 5.48. The molecule has 116 valence electrons. The first-order chi connectivity index (χ1) is 10.6.